The van der Waals surface area contributed by atoms with Gasteiger partial charge in [-0.05, 0) is 34.6 Å². The fourth-order valence-corrected chi connectivity index (χ4v) is 3.59. The van der Waals surface area contributed by atoms with E-state index < -0.39 is 47.3 Å². The maximum Gasteiger partial charge on any atom is 0.411 e. The largest absolute Gasteiger partial charge is 0.444 e. The Bertz CT molecular complexity index is 786. The van der Waals surface area contributed by atoms with Gasteiger partial charge in [0.1, 0.15) is 17.8 Å². The first-order chi connectivity index (χ1) is 12.4. The smallest absolute Gasteiger partial charge is 0.411 e. The fourth-order valence-electron chi connectivity index (χ4n) is 3.59. The molecule has 0 radical (unpaired) electrons. The number of ether oxygens (including phenoxy) is 3. The van der Waals surface area contributed by atoms with Crippen molar-refractivity contribution in [2.75, 3.05) is 12.3 Å². The van der Waals surface area contributed by atoms with Crippen LogP contribution in [0.2, 0.25) is 0 Å². The number of likely N-dealkylation sites (tertiary alicyclic amines) is 1. The number of aromatic amines is 1. The summed E-state index contributed by atoms with van der Waals surface area (Å²) in [6.07, 6.45) is -0.667. The summed E-state index contributed by atoms with van der Waals surface area (Å²) >= 11 is 0. The SMILES string of the molecule is CC(C)(C)OC(=O)N1[C@H](CO)[C@H]2OC(C)(C)O[C@H]2[C@@H]1c1cnc(N)[nH]c1=O. The molecular formula is C17H26N4O6. The molecule has 0 bridgehead atoms. The molecule has 4 atom stereocenters. The number of fused-ring (bicyclic) bond motifs is 1. The predicted octanol–water partition coefficient (Wildman–Crippen LogP) is 0.525. The number of aliphatic hydroxyl groups excluding tert-OH is 1. The molecule has 1 amide bonds. The lowest BCUT2D eigenvalue weighted by Gasteiger charge is -2.34. The van der Waals surface area contributed by atoms with Crippen LogP contribution in [0.15, 0.2) is 11.0 Å². The molecule has 0 aromatic carbocycles. The fraction of sp³-hybridized carbons (Fsp3) is 0.706. The first-order valence-electron chi connectivity index (χ1n) is 8.76. The molecule has 2 aliphatic rings. The van der Waals surface area contributed by atoms with Gasteiger partial charge in [-0.15, -0.1) is 0 Å². The summed E-state index contributed by atoms with van der Waals surface area (Å²) in [5.74, 6) is -0.959. The van der Waals surface area contributed by atoms with Gasteiger partial charge in [0, 0.05) is 6.20 Å². The lowest BCUT2D eigenvalue weighted by molar-refractivity contribution is -0.169. The van der Waals surface area contributed by atoms with Gasteiger partial charge in [0.2, 0.25) is 0 Å². The third-order valence-electron chi connectivity index (χ3n) is 4.47. The number of nitrogen functional groups attached to an aromatic ring is 1. The minimum atomic E-state index is -0.922. The predicted molar refractivity (Wildman–Crippen MR) is 94.8 cm³/mol. The summed E-state index contributed by atoms with van der Waals surface area (Å²) in [4.78, 5) is 33.1. The average Bonchev–Trinajstić information content (AvgIpc) is 2.96. The van der Waals surface area contributed by atoms with Crippen LogP contribution in [0.3, 0.4) is 0 Å². The standard InChI is InChI=1S/C17H26N4O6/c1-16(2,3)27-15(24)21-9(7-22)11-12(26-17(4,5)25-11)10(21)8-6-19-14(18)20-13(8)23/h6,9-12,22H,7H2,1-5H3,(H3,18,19,20,23)/t9-,10+,11-,12+/m1/s1. The van der Waals surface area contributed by atoms with Crippen LogP contribution >= 0.6 is 0 Å². The summed E-state index contributed by atoms with van der Waals surface area (Å²) in [7, 11) is 0. The number of nitrogens with two attached hydrogens (primary N) is 1. The highest BCUT2D eigenvalue weighted by Gasteiger charge is 2.60. The van der Waals surface area contributed by atoms with Crippen molar-refractivity contribution in [2.45, 2.75) is 70.3 Å². The summed E-state index contributed by atoms with van der Waals surface area (Å²) < 4.78 is 17.4. The zero-order valence-corrected chi connectivity index (χ0v) is 16.1. The Balaban J connectivity index is 2.08. The molecule has 2 saturated heterocycles. The first-order valence-corrected chi connectivity index (χ1v) is 8.76. The number of rotatable bonds is 2. The van der Waals surface area contributed by atoms with Gasteiger partial charge in [0.05, 0.1) is 24.3 Å². The van der Waals surface area contributed by atoms with Crippen molar-refractivity contribution in [2.24, 2.45) is 0 Å². The van der Waals surface area contributed by atoms with Crippen LogP contribution in [0.5, 0.6) is 0 Å². The number of aromatic nitrogens is 2. The van der Waals surface area contributed by atoms with Crippen molar-refractivity contribution in [3.05, 3.63) is 22.1 Å². The third kappa shape index (κ3) is 3.64. The lowest BCUT2D eigenvalue weighted by atomic mass is 10.0. The van der Waals surface area contributed by atoms with Gasteiger partial charge in [-0.2, -0.15) is 0 Å². The number of hydrogen-bond acceptors (Lipinski definition) is 8. The van der Waals surface area contributed by atoms with Crippen molar-refractivity contribution in [3.63, 3.8) is 0 Å². The van der Waals surface area contributed by atoms with E-state index in [-0.39, 0.29) is 18.1 Å². The van der Waals surface area contributed by atoms with Crippen LogP contribution in [-0.2, 0) is 14.2 Å². The molecule has 0 unspecified atom stereocenters. The summed E-state index contributed by atoms with van der Waals surface area (Å²) in [6.45, 7) is 8.30. The topological polar surface area (TPSA) is 140 Å². The number of aliphatic hydroxyl groups is 1. The first kappa shape index (κ1) is 19.6. The van der Waals surface area contributed by atoms with E-state index in [1.165, 1.54) is 11.1 Å². The number of H-pyrrole nitrogens is 1. The van der Waals surface area contributed by atoms with Crippen LogP contribution in [0.25, 0.3) is 0 Å². The normalized spacial score (nSPS) is 29.6. The van der Waals surface area contributed by atoms with Crippen molar-refractivity contribution in [3.8, 4) is 0 Å². The van der Waals surface area contributed by atoms with E-state index in [4.69, 9.17) is 19.9 Å². The number of amides is 1. The Labute approximate surface area is 156 Å². The molecule has 3 heterocycles. The number of carbonyl (C=O) groups is 1. The Morgan fingerprint density at radius 3 is 2.59 bits per heavy atom. The molecule has 2 aliphatic heterocycles. The molecule has 10 nitrogen and oxygen atoms in total. The zero-order valence-electron chi connectivity index (χ0n) is 16.1. The zero-order chi connectivity index (χ0) is 20.1. The van der Waals surface area contributed by atoms with E-state index in [2.05, 4.69) is 9.97 Å². The van der Waals surface area contributed by atoms with E-state index >= 15 is 0 Å². The Kier molecular flexibility index (Phi) is 4.69. The second-order valence-corrected chi connectivity index (χ2v) is 8.20. The van der Waals surface area contributed by atoms with Gasteiger partial charge >= 0.3 is 6.09 Å². The van der Waals surface area contributed by atoms with Crippen LogP contribution in [0, 0.1) is 0 Å². The number of carbonyl (C=O) groups excluding carboxylic acids is 1. The second-order valence-electron chi connectivity index (χ2n) is 8.20. The summed E-state index contributed by atoms with van der Waals surface area (Å²) in [5.41, 5.74) is 4.47. The van der Waals surface area contributed by atoms with Crippen molar-refractivity contribution < 1.29 is 24.1 Å². The maximum atomic E-state index is 12.9. The van der Waals surface area contributed by atoms with Crippen molar-refractivity contribution in [1.82, 2.24) is 14.9 Å². The number of hydrogen-bond donors (Lipinski definition) is 3. The molecule has 1 aromatic heterocycles. The highest BCUT2D eigenvalue weighted by Crippen LogP contribution is 2.46. The van der Waals surface area contributed by atoms with E-state index in [9.17, 15) is 14.7 Å². The summed E-state index contributed by atoms with van der Waals surface area (Å²) in [5, 5.41) is 9.97. The third-order valence-corrected chi connectivity index (χ3v) is 4.47. The van der Waals surface area contributed by atoms with Crippen molar-refractivity contribution in [1.29, 1.82) is 0 Å². The molecule has 150 valence electrons. The van der Waals surface area contributed by atoms with Gasteiger partial charge in [-0.3, -0.25) is 14.7 Å². The molecule has 0 spiro atoms. The monoisotopic (exact) mass is 382 g/mol. The molecule has 1 aromatic rings. The highest BCUT2D eigenvalue weighted by atomic mass is 16.8. The highest BCUT2D eigenvalue weighted by molar-refractivity contribution is 5.70. The van der Waals surface area contributed by atoms with E-state index in [1.807, 2.05) is 0 Å². The van der Waals surface area contributed by atoms with Crippen LogP contribution < -0.4 is 11.3 Å². The van der Waals surface area contributed by atoms with Gasteiger partial charge in [-0.25, -0.2) is 9.78 Å². The molecule has 0 saturated carbocycles. The minimum absolute atomic E-state index is 0.0373. The molecule has 0 aliphatic carbocycles. The van der Waals surface area contributed by atoms with E-state index in [1.54, 1.807) is 34.6 Å². The summed E-state index contributed by atoms with van der Waals surface area (Å²) in [6, 6.07) is -1.59. The average molecular weight is 382 g/mol. The van der Waals surface area contributed by atoms with Crippen LogP contribution in [0.4, 0.5) is 10.7 Å². The number of nitrogens with one attached hydrogen (secondary N) is 1. The number of nitrogens with zero attached hydrogens (tertiary/aromatic N) is 2. The van der Waals surface area contributed by atoms with Gasteiger partial charge in [0.25, 0.3) is 5.56 Å². The number of anilines is 1. The molecular weight excluding hydrogens is 356 g/mol. The molecule has 27 heavy (non-hydrogen) atoms. The lowest BCUT2D eigenvalue weighted by Crippen LogP contribution is -2.47. The Hall–Kier alpha value is -2.17. The molecule has 4 N–H and O–H groups in total. The van der Waals surface area contributed by atoms with E-state index in [0.717, 1.165) is 0 Å². The van der Waals surface area contributed by atoms with Gasteiger partial charge in [0.15, 0.2) is 11.7 Å². The maximum absolute atomic E-state index is 12.9. The molecule has 3 rings (SSSR count). The van der Waals surface area contributed by atoms with E-state index in [0.29, 0.717) is 0 Å². The van der Waals surface area contributed by atoms with Gasteiger partial charge < -0.3 is 25.1 Å². The van der Waals surface area contributed by atoms with Crippen molar-refractivity contribution >= 4 is 12.0 Å². The quantitative estimate of drug-likeness (QED) is 0.673. The van der Waals surface area contributed by atoms with Crippen LogP contribution in [-0.4, -0.2) is 62.3 Å². The Morgan fingerprint density at radius 2 is 2.04 bits per heavy atom. The van der Waals surface area contributed by atoms with Gasteiger partial charge in [-0.1, -0.05) is 0 Å². The molecule has 2 fully saturated rings. The minimum Gasteiger partial charge on any atom is -0.444 e. The van der Waals surface area contributed by atoms with Crippen LogP contribution in [0.1, 0.15) is 46.2 Å². The second kappa shape index (κ2) is 6.47. The Morgan fingerprint density at radius 1 is 1.41 bits per heavy atom. The molecule has 10 heteroatoms.